The molecule has 0 saturated carbocycles. The number of halogens is 2. The topological polar surface area (TPSA) is 0 Å². The molecule has 0 unspecified atom stereocenters. The Morgan fingerprint density at radius 3 is 0.545 bits per heavy atom. The molecule has 0 bridgehead atoms. The van der Waals surface area contributed by atoms with E-state index in [4.69, 9.17) is 0 Å². The lowest BCUT2D eigenvalue weighted by Gasteiger charge is -1.92. The van der Waals surface area contributed by atoms with Crippen LogP contribution in [0.3, 0.4) is 0 Å². The van der Waals surface area contributed by atoms with E-state index in [0.29, 0.717) is 0 Å². The van der Waals surface area contributed by atoms with Gasteiger partial charge in [0.2, 0.25) is 0 Å². The third kappa shape index (κ3) is 4.95. The Balaban J connectivity index is 0.000000202. The van der Waals surface area contributed by atoms with E-state index in [2.05, 4.69) is 97.1 Å². The third-order valence-corrected chi connectivity index (χ3v) is 3.32. The van der Waals surface area contributed by atoms with Crippen LogP contribution in [0.4, 0.5) is 0 Å². The van der Waals surface area contributed by atoms with Gasteiger partial charge in [0.05, 0.1) is 0 Å². The maximum atomic E-state index is 2.12. The van der Waals surface area contributed by atoms with Crippen molar-refractivity contribution >= 4 is 69.5 Å². The van der Waals surface area contributed by atoms with Crippen LogP contribution in [-0.4, -0.2) is 0 Å². The fraction of sp³-hybridized carbons (Fsp3) is 0. The van der Waals surface area contributed by atoms with Crippen molar-refractivity contribution in [3.05, 3.63) is 97.1 Å². The highest BCUT2D eigenvalue weighted by atomic mass is 127. The van der Waals surface area contributed by atoms with Gasteiger partial charge < -0.3 is 0 Å². The van der Waals surface area contributed by atoms with Crippen molar-refractivity contribution in [2.45, 2.75) is 0 Å². The van der Waals surface area contributed by atoms with Crippen molar-refractivity contribution in [1.82, 2.24) is 0 Å². The maximum absolute atomic E-state index is 2.12. The van der Waals surface area contributed by atoms with E-state index in [9.17, 15) is 0 Å². The molecular weight excluding hydrogens is 494 g/mol. The molecule has 4 aromatic carbocycles. The average molecular weight is 512 g/mol. The number of benzene rings is 4. The van der Waals surface area contributed by atoms with Crippen LogP contribution in [0.5, 0.6) is 0 Å². The molecule has 0 aromatic heterocycles. The first-order valence-electron chi connectivity index (χ1n) is 6.81. The predicted octanol–water partition coefficient (Wildman–Crippen LogP) is 6.92. The van der Waals surface area contributed by atoms with E-state index in [1.54, 1.807) is 0 Å². The molecule has 112 valence electrons. The Bertz CT molecular complexity index is 623. The van der Waals surface area contributed by atoms with E-state index >= 15 is 0 Å². The normalized spacial score (nSPS) is 9.09. The van der Waals surface area contributed by atoms with Gasteiger partial charge in [-0.1, -0.05) is 97.1 Å². The molecule has 0 heterocycles. The Morgan fingerprint density at radius 1 is 0.273 bits per heavy atom. The van der Waals surface area contributed by atoms with Gasteiger partial charge in [-0.3, -0.25) is 0 Å². The zero-order chi connectivity index (χ0) is 13.6. The van der Waals surface area contributed by atoms with E-state index in [-0.39, 0.29) is 48.0 Å². The Kier molecular flexibility index (Phi) is 8.42. The summed E-state index contributed by atoms with van der Waals surface area (Å²) in [6.07, 6.45) is 0. The summed E-state index contributed by atoms with van der Waals surface area (Å²) in [6, 6.07) is 33.4. The fourth-order valence-electron chi connectivity index (χ4n) is 2.27. The van der Waals surface area contributed by atoms with Gasteiger partial charge >= 0.3 is 0 Å². The predicted molar refractivity (Wildman–Crippen MR) is 119 cm³/mol. The van der Waals surface area contributed by atoms with Gasteiger partial charge in [-0.05, 0) is 21.5 Å². The molecule has 0 atom stereocenters. The first kappa shape index (κ1) is 18.9. The number of hydrogen-bond donors (Lipinski definition) is 0. The minimum absolute atomic E-state index is 0. The van der Waals surface area contributed by atoms with Gasteiger partial charge in [-0.2, -0.15) is 0 Å². The molecule has 4 aromatic rings. The van der Waals surface area contributed by atoms with Crippen molar-refractivity contribution < 1.29 is 0 Å². The van der Waals surface area contributed by atoms with Gasteiger partial charge in [0.1, 0.15) is 0 Å². The summed E-state index contributed by atoms with van der Waals surface area (Å²) in [4.78, 5) is 0. The maximum Gasteiger partial charge on any atom is -0.0184 e. The molecule has 0 radical (unpaired) electrons. The van der Waals surface area contributed by atoms with Crippen LogP contribution in [0.1, 0.15) is 0 Å². The molecule has 0 saturated heterocycles. The van der Waals surface area contributed by atoms with Crippen LogP contribution in [0.25, 0.3) is 21.5 Å². The van der Waals surface area contributed by atoms with Crippen LogP contribution < -0.4 is 0 Å². The number of hydrogen-bond acceptors (Lipinski definition) is 0. The standard InChI is InChI=1S/2C10H8.2HI/c2*1-2-6-10-8-4-3-7-9(10)5-1;;/h2*1-8H;2*1H. The van der Waals surface area contributed by atoms with Gasteiger partial charge in [-0.25, -0.2) is 0 Å². The monoisotopic (exact) mass is 512 g/mol. The molecular formula is C20H18I2. The lowest BCUT2D eigenvalue weighted by Crippen LogP contribution is -1.67. The van der Waals surface area contributed by atoms with E-state index in [1.807, 2.05) is 0 Å². The van der Waals surface area contributed by atoms with Crippen molar-refractivity contribution in [2.24, 2.45) is 0 Å². The minimum atomic E-state index is 0. The average Bonchev–Trinajstić information content (AvgIpc) is 2.56. The molecule has 0 aliphatic rings. The van der Waals surface area contributed by atoms with Crippen LogP contribution in [-0.2, 0) is 0 Å². The molecule has 4 rings (SSSR count). The van der Waals surface area contributed by atoms with E-state index in [1.165, 1.54) is 21.5 Å². The van der Waals surface area contributed by atoms with Gasteiger partial charge in [0, 0.05) is 0 Å². The molecule has 0 spiro atoms. The quantitative estimate of drug-likeness (QED) is 0.225. The fourth-order valence-corrected chi connectivity index (χ4v) is 2.27. The molecule has 0 amide bonds. The third-order valence-electron chi connectivity index (χ3n) is 3.32. The minimum Gasteiger partial charge on any atom is -0.107 e. The highest BCUT2D eigenvalue weighted by molar-refractivity contribution is 14.0. The number of rotatable bonds is 0. The SMILES string of the molecule is I.I.c1ccc2ccccc2c1.c1ccc2ccccc2c1. The zero-order valence-corrected chi connectivity index (χ0v) is 16.7. The lowest BCUT2D eigenvalue weighted by molar-refractivity contribution is 1.75. The van der Waals surface area contributed by atoms with Gasteiger partial charge in [-0.15, -0.1) is 48.0 Å². The lowest BCUT2D eigenvalue weighted by atomic mass is 10.1. The van der Waals surface area contributed by atoms with Crippen molar-refractivity contribution in [2.75, 3.05) is 0 Å². The number of fused-ring (bicyclic) bond motifs is 2. The molecule has 0 N–H and O–H groups in total. The first-order chi connectivity index (χ1) is 9.93. The summed E-state index contributed by atoms with van der Waals surface area (Å²) in [7, 11) is 0. The van der Waals surface area contributed by atoms with Crippen LogP contribution >= 0.6 is 48.0 Å². The van der Waals surface area contributed by atoms with Gasteiger partial charge in [0.25, 0.3) is 0 Å². The second-order valence-electron chi connectivity index (χ2n) is 4.69. The van der Waals surface area contributed by atoms with Crippen molar-refractivity contribution in [3.63, 3.8) is 0 Å². The highest BCUT2D eigenvalue weighted by Gasteiger charge is 1.86. The summed E-state index contributed by atoms with van der Waals surface area (Å²) in [5.74, 6) is 0. The van der Waals surface area contributed by atoms with E-state index < -0.39 is 0 Å². The zero-order valence-electron chi connectivity index (χ0n) is 12.1. The van der Waals surface area contributed by atoms with Gasteiger partial charge in [0.15, 0.2) is 0 Å². The summed E-state index contributed by atoms with van der Waals surface area (Å²) >= 11 is 0. The summed E-state index contributed by atoms with van der Waals surface area (Å²) < 4.78 is 0. The second kappa shape index (κ2) is 9.79. The summed E-state index contributed by atoms with van der Waals surface area (Å²) in [5.41, 5.74) is 0. The van der Waals surface area contributed by atoms with E-state index in [0.717, 1.165) is 0 Å². The van der Waals surface area contributed by atoms with Crippen LogP contribution in [0.2, 0.25) is 0 Å². The first-order valence-corrected chi connectivity index (χ1v) is 6.81. The summed E-state index contributed by atoms with van der Waals surface area (Å²) in [5, 5.41) is 5.24. The van der Waals surface area contributed by atoms with Crippen LogP contribution in [0, 0.1) is 0 Å². The smallest absolute Gasteiger partial charge is 0.0184 e. The molecule has 0 aliphatic heterocycles. The molecule has 0 fully saturated rings. The Morgan fingerprint density at radius 2 is 0.409 bits per heavy atom. The molecule has 0 nitrogen and oxygen atoms in total. The Labute approximate surface area is 165 Å². The van der Waals surface area contributed by atoms with Crippen molar-refractivity contribution in [1.29, 1.82) is 0 Å². The molecule has 0 aliphatic carbocycles. The van der Waals surface area contributed by atoms with Crippen molar-refractivity contribution in [3.8, 4) is 0 Å². The largest absolute Gasteiger partial charge is 0.107 e. The highest BCUT2D eigenvalue weighted by Crippen LogP contribution is 2.11. The Hall–Kier alpha value is -1.14. The molecule has 22 heavy (non-hydrogen) atoms. The van der Waals surface area contributed by atoms with Crippen LogP contribution in [0.15, 0.2) is 97.1 Å². The molecule has 2 heteroatoms. The summed E-state index contributed by atoms with van der Waals surface area (Å²) in [6.45, 7) is 0. The second-order valence-corrected chi connectivity index (χ2v) is 4.69.